The van der Waals surface area contributed by atoms with Crippen molar-refractivity contribution in [3.8, 4) is 5.75 Å². The van der Waals surface area contributed by atoms with E-state index in [0.29, 0.717) is 87.1 Å². The van der Waals surface area contributed by atoms with Gasteiger partial charge in [-0.15, -0.1) is 0 Å². The Morgan fingerprint density at radius 3 is 1.96 bits per heavy atom. The van der Waals surface area contributed by atoms with E-state index in [0.717, 1.165) is 70.7 Å². The molecular weight excluding hydrogens is 1490 g/mol. The second-order valence-electron chi connectivity index (χ2n) is 29.2. The molecule has 0 unspecified atom stereocenters. The van der Waals surface area contributed by atoms with Gasteiger partial charge >= 0.3 is 5.97 Å². The van der Waals surface area contributed by atoms with E-state index in [1.54, 1.807) is 54.6 Å². The van der Waals surface area contributed by atoms with E-state index >= 15 is 13.2 Å². The molecule has 8 N–H and O–H groups in total. The van der Waals surface area contributed by atoms with Crippen molar-refractivity contribution in [2.24, 2.45) is 11.1 Å². The van der Waals surface area contributed by atoms with Crippen LogP contribution in [0.3, 0.4) is 0 Å². The highest BCUT2D eigenvalue weighted by Gasteiger charge is 2.45. The smallest absolute Gasteiger partial charge is 0.326 e. The van der Waals surface area contributed by atoms with Crippen molar-refractivity contribution in [1.29, 1.82) is 0 Å². The number of nitrogens with two attached hydrogens (primary N) is 1. The number of nitrogens with zero attached hydrogens (tertiary/aromatic N) is 2. The summed E-state index contributed by atoms with van der Waals surface area (Å²) >= 11 is 0. The number of aliphatic carboxylic acids is 1. The normalized spacial score (nSPS) is 17.6. The number of ether oxygens (including phenoxy) is 2. The van der Waals surface area contributed by atoms with Gasteiger partial charge in [-0.05, 0) is 130 Å². The number of carbonyl (C=O) groups excluding carboxylic acids is 3. The Balaban J connectivity index is 0.872. The number of anilines is 2. The van der Waals surface area contributed by atoms with Gasteiger partial charge in [0, 0.05) is 91.7 Å². The second-order valence-corrected chi connectivity index (χ2v) is 35.9. The third-order valence-corrected chi connectivity index (χ3v) is 24.7. The third-order valence-electron chi connectivity index (χ3n) is 20.4. The average molecular weight is 1590 g/mol. The Kier molecular flexibility index (Phi) is 28.8. The fourth-order valence-corrected chi connectivity index (χ4v) is 18.0. The molecule has 0 bridgehead atoms. The molecule has 30 heteroatoms. The van der Waals surface area contributed by atoms with Gasteiger partial charge < -0.3 is 35.4 Å². The van der Waals surface area contributed by atoms with Crippen LogP contribution in [-0.2, 0) is 87.7 Å². The van der Waals surface area contributed by atoms with Crippen molar-refractivity contribution < 1.29 is 94.3 Å². The number of allylic oxidation sites excluding steroid dienone is 7. The molecular formula is C79H98F3N6O17S4+. The first-order valence-corrected chi connectivity index (χ1v) is 43.2. The summed E-state index contributed by atoms with van der Waals surface area (Å²) in [6, 6.07) is 29.7. The monoisotopic (exact) mass is 1590 g/mol. The van der Waals surface area contributed by atoms with E-state index in [1.807, 2.05) is 36.4 Å². The maximum absolute atomic E-state index is 15.9. The molecule has 0 saturated heterocycles. The van der Waals surface area contributed by atoms with Gasteiger partial charge in [-0.1, -0.05) is 131 Å². The number of para-hydroxylation sites is 2. The van der Waals surface area contributed by atoms with Gasteiger partial charge in [-0.3, -0.25) is 23.5 Å². The topological polar surface area (TPSA) is 352 Å². The number of rotatable bonds is 37. The van der Waals surface area contributed by atoms with Gasteiger partial charge in [0.1, 0.15) is 34.8 Å². The van der Waals surface area contributed by atoms with Crippen LogP contribution in [0.1, 0.15) is 159 Å². The largest absolute Gasteiger partial charge is 0.480 e. The summed E-state index contributed by atoms with van der Waals surface area (Å²) < 4.78 is 179. The summed E-state index contributed by atoms with van der Waals surface area (Å²) in [4.78, 5) is 52.7. The standard InChI is InChI=1S/C79H97F3N6O17S4/c1-78(2)61-28-13-15-30-64(61)87(43-17-19-47-107(96,97)98)66(78)38-34-55-24-21-25-56(35-39-67-79(3,4)62-29-14-16-31-65(62)88(67)44-18-20-48-108(99,100)101)73(55)105-60-36-32-54(33-37-60)51-63(77(92)93)86-76(91)57(50-53-22-9-8-10-23-53)52-59(89)40-45-104-46-42-84-68(90)41-49-106(94,95)75-70(81)69(80)74(109(83,102)103)71(82)72(75)85-58-26-11-6-5-7-12-27-58/h8-10,13-16,22-23,28-39,57-58,63,85H,5-7,11-12,17-21,24-27,40-52H2,1-4H3,(H6-,83,84,86,90,91,92,93,96,97,98,99,100,101,102,103)/p+1/t57-,63+/m1/s1. The summed E-state index contributed by atoms with van der Waals surface area (Å²) in [5.74, 6) is -11.6. The summed E-state index contributed by atoms with van der Waals surface area (Å²) in [5, 5.41) is 23.4. The molecule has 2 aliphatic heterocycles. The van der Waals surface area contributed by atoms with Crippen molar-refractivity contribution in [2.75, 3.05) is 60.3 Å². The van der Waals surface area contributed by atoms with E-state index in [2.05, 4.69) is 89.6 Å². The first kappa shape index (κ1) is 84.7. The summed E-state index contributed by atoms with van der Waals surface area (Å²) in [6.07, 6.45) is 15.0. The molecule has 2 atom stereocenters. The number of Topliss-reactive ketones (excluding diaryl/α,β-unsaturated/α-hetero) is 1. The van der Waals surface area contributed by atoms with Gasteiger partial charge in [-0.2, -0.15) is 21.4 Å². The molecule has 590 valence electrons. The van der Waals surface area contributed by atoms with Crippen LogP contribution >= 0.6 is 0 Å². The Labute approximate surface area is 636 Å². The number of sulfonamides is 1. The van der Waals surface area contributed by atoms with Crippen molar-refractivity contribution in [3.63, 3.8) is 0 Å². The number of hydrogen-bond acceptors (Lipinski definition) is 16. The molecule has 0 radical (unpaired) electrons. The SMILES string of the molecule is CC1(C)C(=CC=C2CCCC(C=CC3=[N+](CCCCS(=O)(=O)O)c4ccccc4C3(C)C)=C2Oc2ccc(C[C@H](NC(=O)[C@@H](CC(=O)CCOCCNC(=O)CCS(=O)(=O)c3c(F)c(F)c(S(N)(=O)=O)c(F)c3NC3CCCCCCC3)Cc3ccccc3)C(=O)O)cc2)N(CCCCS(=O)(=O)O)c2ccccc21. The van der Waals surface area contributed by atoms with Crippen LogP contribution < -0.4 is 30.7 Å². The summed E-state index contributed by atoms with van der Waals surface area (Å²) in [6.45, 7) is 8.93. The number of carboxylic acids is 1. The van der Waals surface area contributed by atoms with Crippen LogP contribution in [0.25, 0.3) is 0 Å². The Morgan fingerprint density at radius 2 is 1.29 bits per heavy atom. The molecule has 2 amide bonds. The number of fused-ring (bicyclic) bond motifs is 2. The summed E-state index contributed by atoms with van der Waals surface area (Å²) in [5.41, 5.74) is 7.01. The number of carboxylic acid groups (broad SMARTS) is 1. The number of hydrogen-bond donors (Lipinski definition) is 7. The van der Waals surface area contributed by atoms with Crippen molar-refractivity contribution in [1.82, 2.24) is 10.6 Å². The highest BCUT2D eigenvalue weighted by molar-refractivity contribution is 7.91. The van der Waals surface area contributed by atoms with E-state index < -0.39 is 138 Å². The number of unbranched alkanes of at least 4 members (excludes halogenated alkanes) is 2. The van der Waals surface area contributed by atoms with E-state index in [9.17, 15) is 67.1 Å². The third kappa shape index (κ3) is 22.7. The molecule has 23 nitrogen and oxygen atoms in total. The first-order chi connectivity index (χ1) is 51.5. The fraction of sp³-hybridized carbons (Fsp3) is 0.456. The zero-order valence-electron chi connectivity index (χ0n) is 61.7. The van der Waals surface area contributed by atoms with Crippen LogP contribution in [0.5, 0.6) is 5.75 Å². The minimum absolute atomic E-state index is 0.0712. The predicted octanol–water partition coefficient (Wildman–Crippen LogP) is 12.0. The van der Waals surface area contributed by atoms with Crippen LogP contribution in [0, 0.1) is 23.4 Å². The average Bonchev–Trinajstić information content (AvgIpc) is 1.75. The minimum Gasteiger partial charge on any atom is -0.480 e. The van der Waals surface area contributed by atoms with Gasteiger partial charge in [-0.25, -0.2) is 39.9 Å². The van der Waals surface area contributed by atoms with Crippen LogP contribution in [0.4, 0.5) is 30.2 Å². The van der Waals surface area contributed by atoms with Crippen LogP contribution in [0.2, 0.25) is 0 Å². The number of ketones is 1. The zero-order chi connectivity index (χ0) is 79.1. The molecule has 5 aromatic carbocycles. The Morgan fingerprint density at radius 1 is 0.670 bits per heavy atom. The maximum Gasteiger partial charge on any atom is 0.326 e. The van der Waals surface area contributed by atoms with Gasteiger partial charge in [0.2, 0.25) is 27.5 Å². The number of sulfone groups is 1. The maximum atomic E-state index is 15.9. The lowest BCUT2D eigenvalue weighted by Gasteiger charge is -2.27. The molecule has 0 spiro atoms. The first-order valence-electron chi connectivity index (χ1n) is 36.8. The van der Waals surface area contributed by atoms with E-state index in [1.165, 1.54) is 0 Å². The molecule has 9 rings (SSSR count). The molecule has 109 heavy (non-hydrogen) atoms. The van der Waals surface area contributed by atoms with Gasteiger partial charge in [0.15, 0.2) is 37.9 Å². The molecule has 4 aliphatic rings. The number of nitrogens with one attached hydrogen (secondary N) is 3. The Hall–Kier alpha value is -8.36. The van der Waals surface area contributed by atoms with Gasteiger partial charge in [0.05, 0.1) is 41.6 Å². The molecule has 5 aromatic rings. The number of amides is 2. The predicted molar refractivity (Wildman–Crippen MR) is 410 cm³/mol. The number of benzene rings is 5. The number of halogens is 3. The number of primary sulfonamides is 1. The lowest BCUT2D eigenvalue weighted by atomic mass is 9.81. The molecule has 1 fully saturated rings. The van der Waals surface area contributed by atoms with Crippen molar-refractivity contribution >= 4 is 86.4 Å². The highest BCUT2D eigenvalue weighted by Crippen LogP contribution is 2.49. The highest BCUT2D eigenvalue weighted by atomic mass is 32.2. The van der Waals surface area contributed by atoms with E-state index in [-0.39, 0.29) is 69.8 Å². The fourth-order valence-electron chi connectivity index (χ4n) is 14.7. The zero-order valence-corrected chi connectivity index (χ0v) is 65.0. The second kappa shape index (κ2) is 37.1. The van der Waals surface area contributed by atoms with Crippen LogP contribution in [-0.4, -0.2) is 144 Å². The minimum atomic E-state index is -5.22. The quantitative estimate of drug-likeness (QED) is 0.00840. The van der Waals surface area contributed by atoms with Crippen molar-refractivity contribution in [2.45, 2.75) is 182 Å². The van der Waals surface area contributed by atoms with Crippen molar-refractivity contribution in [3.05, 3.63) is 190 Å². The number of carbonyl (C=O) groups is 4. The Bertz CT molecular complexity index is 4810. The molecule has 1 saturated carbocycles. The molecule has 2 aliphatic carbocycles. The van der Waals surface area contributed by atoms with E-state index in [4.69, 9.17) is 14.6 Å². The van der Waals surface area contributed by atoms with Gasteiger partial charge in [0.25, 0.3) is 20.2 Å². The molecule has 2 heterocycles. The van der Waals surface area contributed by atoms with Crippen LogP contribution in [0.15, 0.2) is 160 Å². The summed E-state index contributed by atoms with van der Waals surface area (Å²) in [7, 11) is -18.6. The lowest BCUT2D eigenvalue weighted by Crippen LogP contribution is -2.45. The molecule has 0 aromatic heterocycles. The lowest BCUT2D eigenvalue weighted by molar-refractivity contribution is -0.438.